The lowest BCUT2D eigenvalue weighted by molar-refractivity contribution is -0.120. The molecule has 1 amide bonds. The number of anilines is 3. The monoisotopic (exact) mass is 486 g/mol. The van der Waals surface area contributed by atoms with Crippen LogP contribution in [0.25, 0.3) is 10.9 Å². The smallest absolute Gasteiger partial charge is 0.257 e. The van der Waals surface area contributed by atoms with Crippen molar-refractivity contribution in [3.05, 3.63) is 35.9 Å². The lowest BCUT2D eigenvalue weighted by Crippen LogP contribution is -2.49. The van der Waals surface area contributed by atoms with Crippen LogP contribution in [0.4, 0.5) is 17.2 Å². The van der Waals surface area contributed by atoms with E-state index in [0.717, 1.165) is 48.2 Å². The number of piperidine rings is 1. The highest BCUT2D eigenvalue weighted by molar-refractivity contribution is 5.98. The molecule has 0 radical (unpaired) electrons. The van der Waals surface area contributed by atoms with Crippen molar-refractivity contribution in [3.63, 3.8) is 0 Å². The van der Waals surface area contributed by atoms with Crippen molar-refractivity contribution < 1.29 is 4.79 Å². The summed E-state index contributed by atoms with van der Waals surface area (Å²) in [5.41, 5.74) is 3.77. The van der Waals surface area contributed by atoms with Crippen LogP contribution >= 0.6 is 0 Å². The van der Waals surface area contributed by atoms with Gasteiger partial charge < -0.3 is 10.6 Å². The number of nitrogens with zero attached hydrogens (tertiary/aromatic N) is 6. The zero-order valence-electron chi connectivity index (χ0n) is 21.3. The van der Waals surface area contributed by atoms with Crippen LogP contribution in [0.15, 0.2) is 24.4 Å². The average molecular weight is 487 g/mol. The maximum Gasteiger partial charge on any atom is 0.257 e. The SMILES string of the molecule is Cc1ncc(Nc2ccc3c(C)n(C)nc3c2)c(NC(=O)C(C#N)N2CCC3(CCCCC3)CC2)n1. The van der Waals surface area contributed by atoms with Gasteiger partial charge in [-0.15, -0.1) is 0 Å². The van der Waals surface area contributed by atoms with Crippen molar-refractivity contribution >= 4 is 34.0 Å². The second-order valence-electron chi connectivity index (χ2n) is 10.4. The third-order valence-electron chi connectivity index (χ3n) is 8.07. The summed E-state index contributed by atoms with van der Waals surface area (Å²) >= 11 is 0. The molecule has 36 heavy (non-hydrogen) atoms. The molecule has 2 aromatic heterocycles. The van der Waals surface area contributed by atoms with Crippen molar-refractivity contribution in [2.75, 3.05) is 23.7 Å². The number of likely N-dealkylation sites (tertiary alicyclic amines) is 1. The minimum absolute atomic E-state index is 0.353. The highest BCUT2D eigenvalue weighted by atomic mass is 16.2. The van der Waals surface area contributed by atoms with Gasteiger partial charge in [0.05, 0.1) is 17.8 Å². The van der Waals surface area contributed by atoms with Crippen LogP contribution in [0.5, 0.6) is 0 Å². The van der Waals surface area contributed by atoms with Crippen LogP contribution in [-0.2, 0) is 11.8 Å². The Labute approximate surface area is 211 Å². The van der Waals surface area contributed by atoms with E-state index in [1.165, 1.54) is 32.1 Å². The van der Waals surface area contributed by atoms with Gasteiger partial charge in [-0.3, -0.25) is 14.4 Å². The predicted octanol–water partition coefficient (Wildman–Crippen LogP) is 4.60. The number of hydrogen-bond donors (Lipinski definition) is 2. The van der Waals surface area contributed by atoms with Crippen molar-refractivity contribution in [1.29, 1.82) is 5.26 Å². The summed E-state index contributed by atoms with van der Waals surface area (Å²) in [6.45, 7) is 5.37. The number of nitriles is 1. The zero-order valence-corrected chi connectivity index (χ0v) is 21.3. The minimum atomic E-state index is -0.845. The Morgan fingerprint density at radius 2 is 1.89 bits per heavy atom. The number of amides is 1. The molecule has 5 rings (SSSR count). The summed E-state index contributed by atoms with van der Waals surface area (Å²) in [5, 5.41) is 21.8. The number of carbonyl (C=O) groups is 1. The van der Waals surface area contributed by atoms with Crippen LogP contribution < -0.4 is 10.6 Å². The van der Waals surface area contributed by atoms with Crippen LogP contribution in [0, 0.1) is 30.6 Å². The van der Waals surface area contributed by atoms with Gasteiger partial charge >= 0.3 is 0 Å². The quantitative estimate of drug-likeness (QED) is 0.542. The first-order valence-electron chi connectivity index (χ1n) is 12.9. The molecule has 2 N–H and O–H groups in total. The van der Waals surface area contributed by atoms with Gasteiger partial charge in [-0.1, -0.05) is 19.3 Å². The van der Waals surface area contributed by atoms with E-state index in [1.807, 2.05) is 41.8 Å². The van der Waals surface area contributed by atoms with Gasteiger partial charge in [0, 0.05) is 36.9 Å². The standard InChI is InChI=1S/C27H34N8O/c1-18-21-8-7-20(15-22(21)33-34(18)3)31-23-17-29-19(2)30-25(23)32-26(36)24(16-28)35-13-11-27(12-14-35)9-5-4-6-10-27/h7-8,15,17,24,31H,4-6,9-14H2,1-3H3,(H,29,30,32,36). The number of benzene rings is 1. The number of hydrogen-bond acceptors (Lipinski definition) is 7. The molecule has 0 bridgehead atoms. The van der Waals surface area contributed by atoms with E-state index in [1.54, 1.807) is 13.1 Å². The van der Waals surface area contributed by atoms with Gasteiger partial charge in [0.2, 0.25) is 0 Å². The fourth-order valence-corrected chi connectivity index (χ4v) is 5.77. The van der Waals surface area contributed by atoms with Gasteiger partial charge in [0.1, 0.15) is 11.5 Å². The summed E-state index contributed by atoms with van der Waals surface area (Å²) in [6, 6.07) is 7.34. The molecular weight excluding hydrogens is 452 g/mol. The molecule has 1 saturated heterocycles. The Balaban J connectivity index is 1.31. The van der Waals surface area contributed by atoms with E-state index in [9.17, 15) is 10.1 Å². The van der Waals surface area contributed by atoms with E-state index >= 15 is 0 Å². The maximum absolute atomic E-state index is 13.3. The molecule has 1 unspecified atom stereocenters. The third kappa shape index (κ3) is 4.78. The van der Waals surface area contributed by atoms with Crippen LogP contribution in [-0.4, -0.2) is 49.7 Å². The number of rotatable bonds is 5. The number of carbonyl (C=O) groups excluding carboxylic acids is 1. The zero-order chi connectivity index (χ0) is 25.3. The van der Waals surface area contributed by atoms with Crippen LogP contribution in [0.3, 0.4) is 0 Å². The number of aryl methyl sites for hydroxylation is 3. The third-order valence-corrected chi connectivity index (χ3v) is 8.07. The molecule has 1 aliphatic carbocycles. The normalized spacial score (nSPS) is 18.6. The summed E-state index contributed by atoms with van der Waals surface area (Å²) in [5.74, 6) is 0.553. The maximum atomic E-state index is 13.3. The van der Waals surface area contributed by atoms with E-state index in [-0.39, 0.29) is 5.91 Å². The fourth-order valence-electron chi connectivity index (χ4n) is 5.77. The summed E-state index contributed by atoms with van der Waals surface area (Å²) in [6.07, 6.45) is 10.3. The molecule has 9 nitrogen and oxygen atoms in total. The molecule has 1 atom stereocenters. The molecule has 188 valence electrons. The first-order chi connectivity index (χ1) is 17.4. The number of nitrogens with one attached hydrogen (secondary N) is 2. The Morgan fingerprint density at radius 1 is 1.14 bits per heavy atom. The molecule has 1 spiro atoms. The highest BCUT2D eigenvalue weighted by Crippen LogP contribution is 2.44. The summed E-state index contributed by atoms with van der Waals surface area (Å²) in [7, 11) is 1.92. The van der Waals surface area contributed by atoms with E-state index in [0.29, 0.717) is 22.7 Å². The molecular formula is C27H34N8O. The van der Waals surface area contributed by atoms with Gasteiger partial charge in [0.15, 0.2) is 11.9 Å². The molecule has 1 aromatic carbocycles. The van der Waals surface area contributed by atoms with Crippen molar-refractivity contribution in [1.82, 2.24) is 24.6 Å². The molecule has 2 fully saturated rings. The molecule has 1 saturated carbocycles. The molecule has 3 aromatic rings. The molecule has 1 aliphatic heterocycles. The van der Waals surface area contributed by atoms with Crippen molar-refractivity contribution in [3.8, 4) is 6.07 Å². The lowest BCUT2D eigenvalue weighted by Gasteiger charge is -2.45. The van der Waals surface area contributed by atoms with Crippen LogP contribution in [0.1, 0.15) is 56.5 Å². The highest BCUT2D eigenvalue weighted by Gasteiger charge is 2.38. The minimum Gasteiger partial charge on any atom is -0.351 e. The lowest BCUT2D eigenvalue weighted by atomic mass is 9.68. The number of fused-ring (bicyclic) bond motifs is 1. The second kappa shape index (κ2) is 9.86. The van der Waals surface area contributed by atoms with E-state index in [4.69, 9.17) is 0 Å². The summed E-state index contributed by atoms with van der Waals surface area (Å²) in [4.78, 5) is 24.1. The largest absolute Gasteiger partial charge is 0.351 e. The molecule has 9 heteroatoms. The van der Waals surface area contributed by atoms with E-state index < -0.39 is 6.04 Å². The van der Waals surface area contributed by atoms with Crippen LogP contribution in [0.2, 0.25) is 0 Å². The van der Waals surface area contributed by atoms with Gasteiger partial charge in [0.25, 0.3) is 5.91 Å². The Kier molecular flexibility index (Phi) is 6.63. The fraction of sp³-hybridized carbons (Fsp3) is 0.519. The Bertz CT molecular complexity index is 1310. The molecule has 3 heterocycles. The predicted molar refractivity (Wildman–Crippen MR) is 140 cm³/mol. The van der Waals surface area contributed by atoms with Gasteiger partial charge in [-0.2, -0.15) is 10.4 Å². The first-order valence-corrected chi connectivity index (χ1v) is 12.9. The topological polar surface area (TPSA) is 112 Å². The van der Waals surface area contributed by atoms with Crippen molar-refractivity contribution in [2.45, 2.75) is 64.8 Å². The Hall–Kier alpha value is -3.51. The summed E-state index contributed by atoms with van der Waals surface area (Å²) < 4.78 is 1.85. The second-order valence-corrected chi connectivity index (χ2v) is 10.4. The first kappa shape index (κ1) is 24.2. The van der Waals surface area contributed by atoms with Crippen molar-refractivity contribution in [2.24, 2.45) is 12.5 Å². The Morgan fingerprint density at radius 3 is 2.61 bits per heavy atom. The number of aromatic nitrogens is 4. The van der Waals surface area contributed by atoms with Gasteiger partial charge in [-0.05, 0) is 63.1 Å². The molecule has 2 aliphatic rings. The van der Waals surface area contributed by atoms with E-state index in [2.05, 4.69) is 31.8 Å². The van der Waals surface area contributed by atoms with Gasteiger partial charge in [-0.25, -0.2) is 9.97 Å². The average Bonchev–Trinajstić information content (AvgIpc) is 3.15.